The van der Waals surface area contributed by atoms with Crippen molar-refractivity contribution in [1.82, 2.24) is 34.6 Å². The van der Waals surface area contributed by atoms with Gasteiger partial charge in [0.25, 0.3) is 5.91 Å². The molecule has 0 aliphatic carbocycles. The Bertz CT molecular complexity index is 1080. The Labute approximate surface area is 198 Å². The fourth-order valence-electron chi connectivity index (χ4n) is 4.80. The molecule has 2 fully saturated rings. The second-order valence-corrected chi connectivity index (χ2v) is 8.03. The predicted octanol–water partition coefficient (Wildman–Crippen LogP) is 2.63. The maximum Gasteiger partial charge on any atom is 0.257 e. The summed E-state index contributed by atoms with van der Waals surface area (Å²) >= 11 is 0. The Morgan fingerprint density at radius 1 is 1.16 bits per heavy atom. The van der Waals surface area contributed by atoms with Crippen LogP contribution in [0, 0.1) is 0 Å². The molecule has 2 aliphatic heterocycles. The standard InChI is InChI=1S/C20H26N8O2.2ClH/c1-2-27-17-14(10-22-11-15(17)23-19(27)16-18(21)25-30-24-16)20(29)28-9-5-6-13(28)12-26-7-3-4-8-26;;/h10-11,13H,2-9,12H2,1H3,(H2,21,25);2*1H. The summed E-state index contributed by atoms with van der Waals surface area (Å²) in [5, 5.41) is 7.56. The topological polar surface area (TPSA) is 119 Å². The van der Waals surface area contributed by atoms with E-state index in [0.29, 0.717) is 29.1 Å². The molecular formula is C20H28Cl2N8O2. The van der Waals surface area contributed by atoms with Crippen LogP contribution in [0.25, 0.3) is 22.6 Å². The first-order valence-electron chi connectivity index (χ1n) is 10.6. The Balaban J connectivity index is 0.00000144. The van der Waals surface area contributed by atoms with Crippen LogP contribution in [0.1, 0.15) is 43.0 Å². The number of aromatic nitrogens is 5. The minimum Gasteiger partial charge on any atom is -0.379 e. The van der Waals surface area contributed by atoms with E-state index in [1.54, 1.807) is 12.4 Å². The number of hydrogen-bond donors (Lipinski definition) is 1. The fraction of sp³-hybridized carbons (Fsp3) is 0.550. The highest BCUT2D eigenvalue weighted by atomic mass is 35.5. The third-order valence-electron chi connectivity index (χ3n) is 6.23. The van der Waals surface area contributed by atoms with E-state index < -0.39 is 0 Å². The van der Waals surface area contributed by atoms with Crippen molar-refractivity contribution in [3.8, 4) is 11.5 Å². The minimum atomic E-state index is 0. The van der Waals surface area contributed by atoms with Crippen LogP contribution in [-0.4, -0.2) is 72.8 Å². The molecule has 3 aromatic rings. The van der Waals surface area contributed by atoms with Crippen molar-refractivity contribution in [3.05, 3.63) is 18.0 Å². The van der Waals surface area contributed by atoms with E-state index in [-0.39, 0.29) is 42.6 Å². The number of rotatable bonds is 5. The molecule has 12 heteroatoms. The number of nitrogens with two attached hydrogens (primary N) is 1. The third kappa shape index (κ3) is 4.14. The van der Waals surface area contributed by atoms with E-state index in [1.165, 1.54) is 12.8 Å². The van der Waals surface area contributed by atoms with Gasteiger partial charge in [-0.2, -0.15) is 0 Å². The van der Waals surface area contributed by atoms with Gasteiger partial charge in [-0.15, -0.1) is 24.8 Å². The highest BCUT2D eigenvalue weighted by Gasteiger charge is 2.33. The van der Waals surface area contributed by atoms with Gasteiger partial charge in [-0.3, -0.25) is 9.78 Å². The van der Waals surface area contributed by atoms with Crippen LogP contribution in [0.15, 0.2) is 17.0 Å². The van der Waals surface area contributed by atoms with E-state index in [1.807, 2.05) is 16.4 Å². The summed E-state index contributed by atoms with van der Waals surface area (Å²) in [4.78, 5) is 27.1. The van der Waals surface area contributed by atoms with Crippen LogP contribution in [0.5, 0.6) is 0 Å². The summed E-state index contributed by atoms with van der Waals surface area (Å²) in [6, 6.07) is 0.249. The van der Waals surface area contributed by atoms with Crippen molar-refractivity contribution in [1.29, 1.82) is 0 Å². The van der Waals surface area contributed by atoms with Crippen LogP contribution in [0.3, 0.4) is 0 Å². The molecule has 0 spiro atoms. The van der Waals surface area contributed by atoms with Crippen molar-refractivity contribution in [3.63, 3.8) is 0 Å². The van der Waals surface area contributed by atoms with Crippen molar-refractivity contribution < 1.29 is 9.42 Å². The largest absolute Gasteiger partial charge is 0.379 e. The molecule has 2 saturated heterocycles. The number of halogens is 2. The van der Waals surface area contributed by atoms with E-state index in [2.05, 4.69) is 25.2 Å². The monoisotopic (exact) mass is 482 g/mol. The van der Waals surface area contributed by atoms with Gasteiger partial charge in [0, 0.05) is 31.9 Å². The van der Waals surface area contributed by atoms with Crippen LogP contribution in [0.4, 0.5) is 5.82 Å². The molecule has 1 amide bonds. The zero-order valence-electron chi connectivity index (χ0n) is 17.9. The second-order valence-electron chi connectivity index (χ2n) is 8.03. The number of fused-ring (bicyclic) bond motifs is 1. The number of carbonyl (C=O) groups excluding carboxylic acids is 1. The second kappa shape index (κ2) is 10.0. The number of nitrogen functional groups attached to an aromatic ring is 1. The van der Waals surface area contributed by atoms with Crippen molar-refractivity contribution in [2.75, 3.05) is 31.9 Å². The molecule has 2 N–H and O–H groups in total. The summed E-state index contributed by atoms with van der Waals surface area (Å²) in [5.41, 5.74) is 8.22. The smallest absolute Gasteiger partial charge is 0.257 e. The molecule has 0 aromatic carbocycles. The lowest BCUT2D eigenvalue weighted by atomic mass is 10.1. The zero-order chi connectivity index (χ0) is 20.7. The van der Waals surface area contributed by atoms with Gasteiger partial charge in [0.15, 0.2) is 17.3 Å². The van der Waals surface area contributed by atoms with E-state index in [9.17, 15) is 4.79 Å². The van der Waals surface area contributed by atoms with Crippen LogP contribution < -0.4 is 5.73 Å². The molecule has 0 bridgehead atoms. The first kappa shape index (κ1) is 24.2. The Morgan fingerprint density at radius 2 is 1.94 bits per heavy atom. The summed E-state index contributed by atoms with van der Waals surface area (Å²) < 4.78 is 6.69. The number of imidazole rings is 1. The van der Waals surface area contributed by atoms with Gasteiger partial charge in [-0.05, 0) is 56.0 Å². The van der Waals surface area contributed by atoms with Crippen molar-refractivity contribution >= 4 is 47.6 Å². The zero-order valence-corrected chi connectivity index (χ0v) is 19.6. The Hall–Kier alpha value is -2.43. The van der Waals surface area contributed by atoms with E-state index in [0.717, 1.165) is 44.5 Å². The number of pyridine rings is 1. The molecule has 10 nitrogen and oxygen atoms in total. The molecule has 5 rings (SSSR count). The van der Waals surface area contributed by atoms with E-state index in [4.69, 9.17) is 10.4 Å². The molecule has 5 heterocycles. The quantitative estimate of drug-likeness (QED) is 0.588. The summed E-state index contributed by atoms with van der Waals surface area (Å²) in [7, 11) is 0. The molecule has 32 heavy (non-hydrogen) atoms. The predicted molar refractivity (Wildman–Crippen MR) is 125 cm³/mol. The molecule has 0 radical (unpaired) electrons. The summed E-state index contributed by atoms with van der Waals surface area (Å²) in [6.45, 7) is 6.59. The van der Waals surface area contributed by atoms with Crippen LogP contribution in [0.2, 0.25) is 0 Å². The molecule has 174 valence electrons. The maximum absolute atomic E-state index is 13.6. The number of carbonyl (C=O) groups is 1. The highest BCUT2D eigenvalue weighted by Crippen LogP contribution is 2.30. The van der Waals surface area contributed by atoms with Gasteiger partial charge in [0.2, 0.25) is 0 Å². The fourth-order valence-corrected chi connectivity index (χ4v) is 4.80. The first-order valence-corrected chi connectivity index (χ1v) is 10.6. The number of nitrogens with zero attached hydrogens (tertiary/aromatic N) is 7. The number of anilines is 1. The number of amides is 1. The first-order chi connectivity index (χ1) is 14.7. The molecule has 0 saturated carbocycles. The summed E-state index contributed by atoms with van der Waals surface area (Å²) in [5.74, 6) is 0.719. The summed E-state index contributed by atoms with van der Waals surface area (Å²) in [6.07, 6.45) is 7.90. The number of hydrogen-bond acceptors (Lipinski definition) is 8. The molecule has 3 aromatic heterocycles. The molecule has 1 unspecified atom stereocenters. The van der Waals surface area contributed by atoms with E-state index >= 15 is 0 Å². The van der Waals surface area contributed by atoms with Gasteiger partial charge in [-0.1, -0.05) is 0 Å². The van der Waals surface area contributed by atoms with Gasteiger partial charge in [0.05, 0.1) is 17.3 Å². The average molecular weight is 483 g/mol. The average Bonchev–Trinajstić information content (AvgIpc) is 3.54. The van der Waals surface area contributed by atoms with Crippen molar-refractivity contribution in [2.45, 2.75) is 45.2 Å². The van der Waals surface area contributed by atoms with Gasteiger partial charge < -0.3 is 20.1 Å². The van der Waals surface area contributed by atoms with Crippen LogP contribution in [-0.2, 0) is 6.54 Å². The van der Waals surface area contributed by atoms with Gasteiger partial charge >= 0.3 is 0 Å². The lowest BCUT2D eigenvalue weighted by Crippen LogP contribution is -2.42. The Kier molecular flexibility index (Phi) is 7.58. The number of aryl methyl sites for hydroxylation is 1. The Morgan fingerprint density at radius 3 is 2.62 bits per heavy atom. The SMILES string of the molecule is CCn1c(-c2nonc2N)nc2cncc(C(=O)N3CCCC3CN3CCCC3)c21.Cl.Cl. The van der Waals surface area contributed by atoms with Gasteiger partial charge in [-0.25, -0.2) is 9.61 Å². The molecule has 2 aliphatic rings. The van der Waals surface area contributed by atoms with Crippen LogP contribution >= 0.6 is 24.8 Å². The normalized spacial score (nSPS) is 18.7. The molecular weight excluding hydrogens is 455 g/mol. The van der Waals surface area contributed by atoms with Crippen molar-refractivity contribution in [2.24, 2.45) is 0 Å². The van der Waals surface area contributed by atoms with Gasteiger partial charge in [0.1, 0.15) is 5.52 Å². The third-order valence-corrected chi connectivity index (χ3v) is 6.23. The lowest BCUT2D eigenvalue weighted by molar-refractivity contribution is 0.0710. The molecule has 1 atom stereocenters. The number of likely N-dealkylation sites (tertiary alicyclic amines) is 2. The lowest BCUT2D eigenvalue weighted by Gasteiger charge is -2.28. The maximum atomic E-state index is 13.6. The minimum absolute atomic E-state index is 0. The highest BCUT2D eigenvalue weighted by molar-refractivity contribution is 6.05.